The number of aromatic nitrogens is 2. The van der Waals surface area contributed by atoms with E-state index in [4.69, 9.17) is 20.8 Å². The molecule has 0 spiro atoms. The minimum atomic E-state index is -4.61. The van der Waals surface area contributed by atoms with Gasteiger partial charge in [-0.15, -0.1) is 5.10 Å². The number of aryl methyl sites for hydroxylation is 1. The van der Waals surface area contributed by atoms with Crippen LogP contribution < -0.4 is 20.1 Å². The normalized spacial score (nSPS) is 15.4. The van der Waals surface area contributed by atoms with Crippen molar-refractivity contribution in [1.82, 2.24) is 14.9 Å². The van der Waals surface area contributed by atoms with E-state index in [0.29, 0.717) is 10.5 Å². The molecule has 1 aliphatic rings. The Morgan fingerprint density at radius 2 is 1.92 bits per heavy atom. The second kappa shape index (κ2) is 10.4. The number of hydrogen-bond donors (Lipinski definition) is 2. The maximum Gasteiger partial charge on any atom is 0.434 e. The van der Waals surface area contributed by atoms with Gasteiger partial charge in [-0.2, -0.15) is 4.72 Å². The summed E-state index contributed by atoms with van der Waals surface area (Å²) in [4.78, 5) is 24.1. The summed E-state index contributed by atoms with van der Waals surface area (Å²) in [5, 5.41) is 5.60. The van der Waals surface area contributed by atoms with Crippen molar-refractivity contribution in [1.29, 1.82) is 0 Å². The number of alkyl halides is 2. The molecule has 1 amide bonds. The van der Waals surface area contributed by atoms with Gasteiger partial charge in [0.2, 0.25) is 15.9 Å². The Hall–Kier alpha value is -3.36. The Bertz CT molecular complexity index is 1560. The van der Waals surface area contributed by atoms with Crippen LogP contribution in [0.15, 0.2) is 38.4 Å². The molecule has 1 aliphatic heterocycles. The summed E-state index contributed by atoms with van der Waals surface area (Å²) in [6.45, 7) is 3.20. The van der Waals surface area contributed by atoms with Gasteiger partial charge in [-0.1, -0.05) is 24.6 Å². The number of halogens is 4. The third-order valence-electron chi connectivity index (χ3n) is 6.26. The van der Waals surface area contributed by atoms with Gasteiger partial charge in [-0.3, -0.25) is 9.69 Å². The molecule has 0 fully saturated rings. The number of rotatable bonds is 8. The first kappa shape index (κ1) is 27.7. The van der Waals surface area contributed by atoms with Crippen molar-refractivity contribution in [3.05, 3.63) is 68.2 Å². The third kappa shape index (κ3) is 5.15. The van der Waals surface area contributed by atoms with E-state index in [1.807, 2.05) is 5.10 Å². The molecule has 0 saturated heterocycles. The molecule has 1 aromatic heterocycles. The average Bonchev–Trinajstić information content (AvgIpc) is 3.27. The first-order valence-corrected chi connectivity index (χ1v) is 13.0. The van der Waals surface area contributed by atoms with Gasteiger partial charge in [0.1, 0.15) is 22.4 Å². The zero-order valence-corrected chi connectivity index (χ0v) is 21.8. The summed E-state index contributed by atoms with van der Waals surface area (Å²) in [5.74, 6) is -4.15. The number of sulfonamides is 1. The molecule has 2 aromatic carbocycles. The molecule has 4 rings (SSSR count). The number of aromatic amines is 1. The lowest BCUT2D eigenvalue weighted by molar-refractivity contribution is -0.121. The van der Waals surface area contributed by atoms with E-state index < -0.39 is 69.7 Å². The molecule has 2 heterocycles. The van der Waals surface area contributed by atoms with E-state index in [1.165, 1.54) is 13.0 Å². The maximum absolute atomic E-state index is 14.9. The zero-order valence-electron chi connectivity index (χ0n) is 20.2. The maximum atomic E-state index is 14.9. The van der Waals surface area contributed by atoms with Gasteiger partial charge in [-0.05, 0) is 48.7 Å². The van der Waals surface area contributed by atoms with E-state index in [0.717, 1.165) is 17.7 Å². The van der Waals surface area contributed by atoms with Gasteiger partial charge >= 0.3 is 5.76 Å². The van der Waals surface area contributed by atoms with Crippen molar-refractivity contribution in [2.24, 2.45) is 0 Å². The van der Waals surface area contributed by atoms with Crippen LogP contribution in [-0.4, -0.2) is 44.1 Å². The van der Waals surface area contributed by atoms with E-state index in [1.54, 1.807) is 19.9 Å². The molecule has 0 radical (unpaired) electrons. The number of amides is 1. The highest BCUT2D eigenvalue weighted by atomic mass is 35.5. The van der Waals surface area contributed by atoms with Crippen LogP contribution in [0.3, 0.4) is 0 Å². The number of carbonyl (C=O) groups is 1. The van der Waals surface area contributed by atoms with Crippen LogP contribution in [0.4, 0.5) is 18.9 Å². The second-order valence-corrected chi connectivity index (χ2v) is 10.7. The highest BCUT2D eigenvalue weighted by Crippen LogP contribution is 2.44. The lowest BCUT2D eigenvalue weighted by Gasteiger charge is -2.31. The van der Waals surface area contributed by atoms with Crippen molar-refractivity contribution >= 4 is 33.2 Å². The summed E-state index contributed by atoms with van der Waals surface area (Å²) >= 11 is 6.15. The van der Waals surface area contributed by atoms with Crippen LogP contribution >= 0.6 is 11.6 Å². The number of nitrogens with zero attached hydrogens (tertiary/aromatic N) is 2. The first-order chi connectivity index (χ1) is 17.8. The summed E-state index contributed by atoms with van der Waals surface area (Å²) in [7, 11) is -4.61. The summed E-state index contributed by atoms with van der Waals surface area (Å²) in [6, 6.07) is 3.59. The number of hydrogen-bond acceptors (Lipinski definition) is 7. The molecule has 0 aliphatic carbocycles. The number of ether oxygens (including phenoxy) is 1. The van der Waals surface area contributed by atoms with Crippen molar-refractivity contribution in [2.75, 3.05) is 18.1 Å². The highest BCUT2D eigenvalue weighted by molar-refractivity contribution is 7.89. The number of anilines is 1. The molecule has 2 unspecified atom stereocenters. The molecule has 10 nitrogen and oxygen atoms in total. The molecule has 0 saturated carbocycles. The molecule has 38 heavy (non-hydrogen) atoms. The van der Waals surface area contributed by atoms with Crippen LogP contribution in [0.25, 0.3) is 0 Å². The molecular formula is C23H22ClF3N4O6S. The lowest BCUT2D eigenvalue weighted by Crippen LogP contribution is -2.42. The van der Waals surface area contributed by atoms with E-state index in [2.05, 4.69) is 9.82 Å². The lowest BCUT2D eigenvalue weighted by atomic mass is 9.88. The Morgan fingerprint density at radius 3 is 2.55 bits per heavy atom. The van der Waals surface area contributed by atoms with Crippen LogP contribution in [-0.2, 0) is 14.8 Å². The first-order valence-electron chi connectivity index (χ1n) is 11.2. The summed E-state index contributed by atoms with van der Waals surface area (Å²) < 4.78 is 81.3. The molecule has 0 bridgehead atoms. The van der Waals surface area contributed by atoms with Crippen LogP contribution in [0, 0.1) is 19.7 Å². The van der Waals surface area contributed by atoms with Crippen molar-refractivity contribution < 1.29 is 35.5 Å². The van der Waals surface area contributed by atoms with Crippen LogP contribution in [0.5, 0.6) is 5.75 Å². The Balaban J connectivity index is 1.82. The van der Waals surface area contributed by atoms with Gasteiger partial charge in [0, 0.05) is 5.92 Å². The summed E-state index contributed by atoms with van der Waals surface area (Å²) in [5.41, 5.74) is 1.12. The van der Waals surface area contributed by atoms with Gasteiger partial charge in [-0.25, -0.2) is 31.5 Å². The fraction of sp³-hybridized carbons (Fsp3) is 0.348. The second-order valence-electron chi connectivity index (χ2n) is 8.65. The fourth-order valence-electron chi connectivity index (χ4n) is 4.30. The van der Waals surface area contributed by atoms with Gasteiger partial charge < -0.3 is 9.15 Å². The Kier molecular flexibility index (Phi) is 7.59. The smallest absolute Gasteiger partial charge is 0.434 e. The number of fused-ring (bicyclic) bond motifs is 1. The Labute approximate surface area is 219 Å². The SMILES string of the molecule is Cc1ccc(F)c(C(C)C(NS(=O)(=O)c2ccc(Cl)c3c2OCC(=O)N3CC(F)F)c2n[nH]c(=O)o2)c1C. The van der Waals surface area contributed by atoms with E-state index in [9.17, 15) is 31.2 Å². The third-order valence-corrected chi connectivity index (χ3v) is 8.03. The molecule has 2 atom stereocenters. The predicted molar refractivity (Wildman–Crippen MR) is 130 cm³/mol. The molecule has 204 valence electrons. The summed E-state index contributed by atoms with van der Waals surface area (Å²) in [6.07, 6.45) is -2.93. The van der Waals surface area contributed by atoms with Crippen molar-refractivity contribution in [3.8, 4) is 5.75 Å². The topological polar surface area (TPSA) is 135 Å². The molecule has 3 aromatic rings. The highest BCUT2D eigenvalue weighted by Gasteiger charge is 2.38. The van der Waals surface area contributed by atoms with Gasteiger partial charge in [0.25, 0.3) is 12.3 Å². The van der Waals surface area contributed by atoms with Gasteiger partial charge in [0.15, 0.2) is 12.4 Å². The zero-order chi connectivity index (χ0) is 27.9. The average molecular weight is 575 g/mol. The van der Waals surface area contributed by atoms with E-state index >= 15 is 0 Å². The number of benzene rings is 2. The standard InChI is InChI=1S/C23H22ClF3N4O6S/c1-10-4-6-14(25)18(11(10)2)12(3)19(22-28-29-23(33)37-22)30-38(34,35)15-7-5-13(24)20-21(15)36-9-17(32)31(20)8-16(26)27/h4-7,12,16,19,30H,8-9H2,1-3H3,(H,29,33). The minimum absolute atomic E-state index is 0.159. The fourth-order valence-corrected chi connectivity index (χ4v) is 5.96. The van der Waals surface area contributed by atoms with Gasteiger partial charge in [0.05, 0.1) is 11.6 Å². The molecule has 2 N–H and O–H groups in total. The Morgan fingerprint density at radius 1 is 1.21 bits per heavy atom. The number of H-pyrrole nitrogens is 1. The molecule has 15 heteroatoms. The quantitative estimate of drug-likeness (QED) is 0.420. The van der Waals surface area contributed by atoms with Crippen molar-refractivity contribution in [2.45, 2.75) is 44.1 Å². The monoisotopic (exact) mass is 574 g/mol. The number of carbonyl (C=O) groups excluding carboxylic acids is 1. The largest absolute Gasteiger partial charge is 0.480 e. The number of nitrogens with one attached hydrogen (secondary N) is 2. The van der Waals surface area contributed by atoms with Crippen molar-refractivity contribution in [3.63, 3.8) is 0 Å². The molecular weight excluding hydrogens is 553 g/mol. The van der Waals surface area contributed by atoms with Crippen LogP contribution in [0.2, 0.25) is 5.02 Å². The minimum Gasteiger partial charge on any atom is -0.480 e. The van der Waals surface area contributed by atoms with E-state index in [-0.39, 0.29) is 22.2 Å². The predicted octanol–water partition coefficient (Wildman–Crippen LogP) is 3.59. The van der Waals surface area contributed by atoms with Crippen LogP contribution in [0.1, 0.15) is 41.5 Å².